The zero-order chi connectivity index (χ0) is 14.2. The van der Waals surface area contributed by atoms with E-state index in [0.717, 1.165) is 12.8 Å². The van der Waals surface area contributed by atoms with Crippen LogP contribution in [0.1, 0.15) is 18.4 Å². The lowest BCUT2D eigenvalue weighted by Gasteiger charge is -2.18. The van der Waals surface area contributed by atoms with Crippen LogP contribution in [0, 0.1) is 11.7 Å². The third-order valence-electron chi connectivity index (χ3n) is 3.20. The zero-order valence-corrected chi connectivity index (χ0v) is 13.0. The van der Waals surface area contributed by atoms with E-state index in [0.29, 0.717) is 16.9 Å². The third-order valence-corrected chi connectivity index (χ3v) is 5.48. The maximum absolute atomic E-state index is 14.2. The quantitative estimate of drug-likeness (QED) is 0.884. The number of nitrogens with zero attached hydrogens (tertiary/aromatic N) is 1. The molecule has 1 aliphatic carbocycles. The van der Waals surface area contributed by atoms with Crippen molar-refractivity contribution >= 4 is 26.0 Å². The molecule has 1 aliphatic rings. The molecule has 0 saturated heterocycles. The molecule has 1 fully saturated rings. The van der Waals surface area contributed by atoms with Crippen molar-refractivity contribution in [3.8, 4) is 0 Å². The molecule has 0 amide bonds. The van der Waals surface area contributed by atoms with Crippen molar-refractivity contribution < 1.29 is 12.8 Å². The van der Waals surface area contributed by atoms with E-state index in [9.17, 15) is 12.8 Å². The summed E-state index contributed by atoms with van der Waals surface area (Å²) in [6.07, 6.45) is 2.07. The summed E-state index contributed by atoms with van der Waals surface area (Å²) >= 11 is 3.19. The molecule has 0 unspecified atom stereocenters. The molecular weight excluding hydrogens is 335 g/mol. The Kier molecular flexibility index (Phi) is 4.29. The monoisotopic (exact) mass is 350 g/mol. The Balaban J connectivity index is 2.41. The smallest absolute Gasteiger partial charge is 0.245 e. The van der Waals surface area contributed by atoms with E-state index >= 15 is 0 Å². The van der Waals surface area contributed by atoms with Crippen molar-refractivity contribution in [2.45, 2.75) is 24.3 Å². The van der Waals surface area contributed by atoms with Gasteiger partial charge in [-0.3, -0.25) is 0 Å². The zero-order valence-electron chi connectivity index (χ0n) is 10.6. The predicted octanol–water partition coefficient (Wildman–Crippen LogP) is 2.08. The Morgan fingerprint density at radius 1 is 1.47 bits per heavy atom. The van der Waals surface area contributed by atoms with Gasteiger partial charge in [-0.1, -0.05) is 15.9 Å². The molecule has 1 saturated carbocycles. The standard InChI is InChI=1S/C12H16BrFN2O2S/c1-16(7-8-2-3-8)19(17,18)11-5-10(13)4-9(6-15)12(11)14/h4-5,8H,2-3,6-7,15H2,1H3. The molecular formula is C12H16BrFN2O2S. The first-order valence-electron chi connectivity index (χ1n) is 6.00. The highest BCUT2D eigenvalue weighted by atomic mass is 79.9. The summed E-state index contributed by atoms with van der Waals surface area (Å²) in [6.45, 7) is 0.395. The van der Waals surface area contributed by atoms with Gasteiger partial charge in [0.05, 0.1) is 0 Å². The molecule has 4 nitrogen and oxygen atoms in total. The summed E-state index contributed by atoms with van der Waals surface area (Å²) in [7, 11) is -2.32. The van der Waals surface area contributed by atoms with Crippen LogP contribution in [-0.4, -0.2) is 26.3 Å². The highest BCUT2D eigenvalue weighted by molar-refractivity contribution is 9.10. The highest BCUT2D eigenvalue weighted by Crippen LogP contribution is 2.32. The van der Waals surface area contributed by atoms with Crippen molar-refractivity contribution in [3.05, 3.63) is 28.0 Å². The van der Waals surface area contributed by atoms with Crippen LogP contribution < -0.4 is 5.73 Å². The van der Waals surface area contributed by atoms with Gasteiger partial charge in [0.2, 0.25) is 10.0 Å². The third kappa shape index (κ3) is 3.16. The van der Waals surface area contributed by atoms with E-state index in [2.05, 4.69) is 15.9 Å². The predicted molar refractivity (Wildman–Crippen MR) is 74.5 cm³/mol. The average Bonchev–Trinajstić information content (AvgIpc) is 3.15. The van der Waals surface area contributed by atoms with Crippen molar-refractivity contribution in [2.75, 3.05) is 13.6 Å². The summed E-state index contributed by atoms with van der Waals surface area (Å²) in [5.74, 6) is -0.350. The van der Waals surface area contributed by atoms with Gasteiger partial charge in [-0.25, -0.2) is 17.1 Å². The molecule has 1 aromatic carbocycles. The fraction of sp³-hybridized carbons (Fsp3) is 0.500. The van der Waals surface area contributed by atoms with Crippen LogP contribution in [0.15, 0.2) is 21.5 Å². The Bertz CT molecular complexity index is 588. The van der Waals surface area contributed by atoms with E-state index < -0.39 is 15.8 Å². The van der Waals surface area contributed by atoms with Gasteiger partial charge in [0.15, 0.2) is 0 Å². The molecule has 0 spiro atoms. The van der Waals surface area contributed by atoms with Gasteiger partial charge < -0.3 is 5.73 Å². The van der Waals surface area contributed by atoms with Crippen LogP contribution >= 0.6 is 15.9 Å². The van der Waals surface area contributed by atoms with Gasteiger partial charge >= 0.3 is 0 Å². The number of nitrogens with two attached hydrogens (primary N) is 1. The van der Waals surface area contributed by atoms with Crippen LogP contribution in [0.2, 0.25) is 0 Å². The number of hydrogen-bond donors (Lipinski definition) is 1. The molecule has 19 heavy (non-hydrogen) atoms. The van der Waals surface area contributed by atoms with Gasteiger partial charge in [-0.05, 0) is 30.9 Å². The second-order valence-electron chi connectivity index (χ2n) is 4.81. The largest absolute Gasteiger partial charge is 0.326 e. The van der Waals surface area contributed by atoms with Crippen LogP contribution in [0.25, 0.3) is 0 Å². The van der Waals surface area contributed by atoms with Gasteiger partial charge in [-0.15, -0.1) is 0 Å². The number of benzene rings is 1. The normalized spacial score (nSPS) is 16.1. The Morgan fingerprint density at radius 3 is 2.63 bits per heavy atom. The average molecular weight is 351 g/mol. The topological polar surface area (TPSA) is 63.4 Å². The maximum atomic E-state index is 14.2. The van der Waals surface area contributed by atoms with Crippen LogP contribution in [-0.2, 0) is 16.6 Å². The Hall–Kier alpha value is -0.500. The summed E-state index contributed by atoms with van der Waals surface area (Å²) in [6, 6.07) is 2.78. The summed E-state index contributed by atoms with van der Waals surface area (Å²) in [5.41, 5.74) is 5.62. The molecule has 1 aromatic rings. The first-order chi connectivity index (χ1) is 8.86. The van der Waals surface area contributed by atoms with Gasteiger partial charge in [-0.2, -0.15) is 0 Å². The van der Waals surface area contributed by atoms with Crippen molar-refractivity contribution in [1.82, 2.24) is 4.31 Å². The van der Waals surface area contributed by atoms with Crippen LogP contribution in [0.5, 0.6) is 0 Å². The summed E-state index contributed by atoms with van der Waals surface area (Å²) in [4.78, 5) is -0.314. The minimum Gasteiger partial charge on any atom is -0.326 e. The maximum Gasteiger partial charge on any atom is 0.245 e. The summed E-state index contributed by atoms with van der Waals surface area (Å²) < 4.78 is 40.6. The lowest BCUT2D eigenvalue weighted by molar-refractivity contribution is 0.446. The molecule has 0 aliphatic heterocycles. The van der Waals surface area contributed by atoms with E-state index in [-0.39, 0.29) is 17.0 Å². The number of rotatable bonds is 5. The second-order valence-corrected chi connectivity index (χ2v) is 7.74. The van der Waals surface area contributed by atoms with Gasteiger partial charge in [0, 0.05) is 30.2 Å². The van der Waals surface area contributed by atoms with E-state index in [1.807, 2.05) is 0 Å². The minimum atomic E-state index is -3.81. The van der Waals surface area contributed by atoms with Crippen molar-refractivity contribution in [2.24, 2.45) is 11.7 Å². The first kappa shape index (κ1) is 14.9. The van der Waals surface area contributed by atoms with E-state index in [1.165, 1.54) is 23.5 Å². The molecule has 0 heterocycles. The van der Waals surface area contributed by atoms with Crippen LogP contribution in [0.3, 0.4) is 0 Å². The molecule has 0 atom stereocenters. The number of sulfonamides is 1. The lowest BCUT2D eigenvalue weighted by atomic mass is 10.2. The molecule has 0 bridgehead atoms. The summed E-state index contributed by atoms with van der Waals surface area (Å²) in [5, 5.41) is 0. The van der Waals surface area contributed by atoms with Crippen molar-refractivity contribution in [1.29, 1.82) is 0 Å². The fourth-order valence-corrected chi connectivity index (χ4v) is 3.92. The SMILES string of the molecule is CN(CC1CC1)S(=O)(=O)c1cc(Br)cc(CN)c1F. The van der Waals surface area contributed by atoms with Gasteiger partial charge in [0.1, 0.15) is 10.7 Å². The first-order valence-corrected chi connectivity index (χ1v) is 8.24. The fourth-order valence-electron chi connectivity index (χ4n) is 1.88. The minimum absolute atomic E-state index is 0.0415. The molecule has 0 radical (unpaired) electrons. The Labute approximate surface area is 121 Å². The van der Waals surface area contributed by atoms with Crippen molar-refractivity contribution in [3.63, 3.8) is 0 Å². The molecule has 106 valence electrons. The van der Waals surface area contributed by atoms with Gasteiger partial charge in [0.25, 0.3) is 0 Å². The lowest BCUT2D eigenvalue weighted by Crippen LogP contribution is -2.30. The molecule has 7 heteroatoms. The molecule has 2 N–H and O–H groups in total. The van der Waals surface area contributed by atoms with E-state index in [1.54, 1.807) is 0 Å². The number of halogens is 2. The highest BCUT2D eigenvalue weighted by Gasteiger charge is 2.31. The molecule has 2 rings (SSSR count). The molecule has 0 aromatic heterocycles. The Morgan fingerprint density at radius 2 is 2.11 bits per heavy atom. The van der Waals surface area contributed by atoms with E-state index in [4.69, 9.17) is 5.73 Å². The van der Waals surface area contributed by atoms with Crippen LogP contribution in [0.4, 0.5) is 4.39 Å². The number of hydrogen-bond acceptors (Lipinski definition) is 3. The second kappa shape index (κ2) is 5.47.